The first kappa shape index (κ1) is 17.2. The minimum atomic E-state index is -0.301. The number of pyridine rings is 1. The molecule has 0 unspecified atom stereocenters. The highest BCUT2D eigenvalue weighted by Crippen LogP contribution is 2.50. The van der Waals surface area contributed by atoms with E-state index in [9.17, 15) is 0 Å². The van der Waals surface area contributed by atoms with Crippen molar-refractivity contribution >= 4 is 23.2 Å². The third kappa shape index (κ3) is 2.61. The van der Waals surface area contributed by atoms with Crippen molar-refractivity contribution in [2.45, 2.75) is 12.1 Å². The second kappa shape index (κ2) is 6.71. The van der Waals surface area contributed by atoms with Crippen LogP contribution in [0.2, 0.25) is 5.02 Å². The number of hydrogen-bond donors (Lipinski definition) is 1. The lowest BCUT2D eigenvalue weighted by molar-refractivity contribution is 0.223. The highest BCUT2D eigenvalue weighted by atomic mass is 35.5. The molecular formula is C23H16ClN5O. The molecule has 4 aromatic rings. The molecule has 6 nitrogen and oxygen atoms in total. The number of anilines is 1. The van der Waals surface area contributed by atoms with E-state index in [0.717, 1.165) is 33.7 Å². The molecule has 0 saturated carbocycles. The number of halogens is 1. The van der Waals surface area contributed by atoms with Gasteiger partial charge in [-0.3, -0.25) is 4.98 Å². The molecule has 6 rings (SSSR count). The molecule has 1 N–H and O–H groups in total. The summed E-state index contributed by atoms with van der Waals surface area (Å²) in [6.07, 6.45) is 4.89. The molecule has 0 fully saturated rings. The fraction of sp³-hybridized carbons (Fsp3) is 0.0870. The van der Waals surface area contributed by atoms with Crippen LogP contribution in [0, 0.1) is 0 Å². The van der Waals surface area contributed by atoms with Gasteiger partial charge < -0.3 is 10.1 Å². The van der Waals surface area contributed by atoms with Crippen molar-refractivity contribution < 1.29 is 4.74 Å². The molecule has 0 aliphatic carbocycles. The Balaban J connectivity index is 1.65. The van der Waals surface area contributed by atoms with E-state index >= 15 is 0 Å². The third-order valence-corrected chi connectivity index (χ3v) is 5.71. The zero-order valence-electron chi connectivity index (χ0n) is 15.7. The van der Waals surface area contributed by atoms with Gasteiger partial charge >= 0.3 is 0 Å². The van der Waals surface area contributed by atoms with Gasteiger partial charge in [-0.2, -0.15) is 10.1 Å². The smallest absolute Gasteiger partial charge is 0.226 e. The fourth-order valence-electron chi connectivity index (χ4n) is 4.20. The Bertz CT molecular complexity index is 1270. The molecule has 146 valence electrons. The van der Waals surface area contributed by atoms with Crippen LogP contribution in [0.1, 0.15) is 28.8 Å². The summed E-state index contributed by atoms with van der Waals surface area (Å²) in [6, 6.07) is 19.6. The van der Waals surface area contributed by atoms with Crippen molar-refractivity contribution in [3.05, 3.63) is 107 Å². The summed E-state index contributed by atoms with van der Waals surface area (Å²) >= 11 is 6.34. The number of benzene rings is 2. The summed E-state index contributed by atoms with van der Waals surface area (Å²) in [7, 11) is 0. The van der Waals surface area contributed by atoms with Gasteiger partial charge in [0.25, 0.3) is 0 Å². The minimum absolute atomic E-state index is 0.218. The van der Waals surface area contributed by atoms with Crippen molar-refractivity contribution in [1.29, 1.82) is 0 Å². The first-order valence-electron chi connectivity index (χ1n) is 9.61. The average Bonchev–Trinajstić information content (AvgIpc) is 3.27. The van der Waals surface area contributed by atoms with Crippen LogP contribution in [-0.2, 0) is 0 Å². The number of fused-ring (bicyclic) bond motifs is 3. The van der Waals surface area contributed by atoms with Crippen LogP contribution in [0.15, 0.2) is 85.0 Å². The molecule has 2 aromatic carbocycles. The summed E-state index contributed by atoms with van der Waals surface area (Å²) < 4.78 is 8.43. The standard InChI is InChI=1S/C23H16ClN5O/c24-16-8-9-18-17(11-16)20-19(22(30-18)14-5-2-1-3-6-14)21(15-7-4-10-25-12-15)29-23(28-20)26-13-27-29/h1-13,21-22H,(H,26,27,28)/t21-,22+/m0/s1. The molecule has 2 aliphatic heterocycles. The van der Waals surface area contributed by atoms with Crippen LogP contribution >= 0.6 is 11.6 Å². The first-order valence-corrected chi connectivity index (χ1v) is 9.99. The molecule has 0 saturated heterocycles. The van der Waals surface area contributed by atoms with Gasteiger partial charge in [-0.1, -0.05) is 48.0 Å². The highest BCUT2D eigenvalue weighted by molar-refractivity contribution is 6.30. The summed E-state index contributed by atoms with van der Waals surface area (Å²) in [5.74, 6) is 1.44. The van der Waals surface area contributed by atoms with E-state index in [0.29, 0.717) is 11.0 Å². The second-order valence-corrected chi connectivity index (χ2v) is 7.66. The van der Waals surface area contributed by atoms with E-state index in [2.05, 4.69) is 38.6 Å². The van der Waals surface area contributed by atoms with Crippen LogP contribution in [0.5, 0.6) is 5.75 Å². The van der Waals surface area contributed by atoms with Gasteiger partial charge in [0.05, 0.1) is 5.70 Å². The summed E-state index contributed by atoms with van der Waals surface area (Å²) in [5.41, 5.74) is 4.97. The summed E-state index contributed by atoms with van der Waals surface area (Å²) in [5, 5.41) is 8.63. The molecule has 2 aliphatic rings. The predicted octanol–water partition coefficient (Wildman–Crippen LogP) is 4.89. The van der Waals surface area contributed by atoms with Crippen molar-refractivity contribution in [2.24, 2.45) is 0 Å². The molecule has 7 heteroatoms. The van der Waals surface area contributed by atoms with Gasteiger partial charge in [0, 0.05) is 28.6 Å². The molecule has 0 spiro atoms. The van der Waals surface area contributed by atoms with Gasteiger partial charge in [-0.15, -0.1) is 0 Å². The van der Waals surface area contributed by atoms with Crippen molar-refractivity contribution in [2.75, 3.05) is 5.32 Å². The van der Waals surface area contributed by atoms with Crippen LogP contribution in [-0.4, -0.2) is 19.7 Å². The third-order valence-electron chi connectivity index (χ3n) is 5.48. The number of nitrogens with zero attached hydrogens (tertiary/aromatic N) is 4. The number of ether oxygens (including phenoxy) is 1. The molecule has 30 heavy (non-hydrogen) atoms. The Morgan fingerprint density at radius 1 is 1.00 bits per heavy atom. The summed E-state index contributed by atoms with van der Waals surface area (Å²) in [6.45, 7) is 0. The maximum Gasteiger partial charge on any atom is 0.226 e. The van der Waals surface area contributed by atoms with Crippen LogP contribution in [0.4, 0.5) is 5.95 Å². The van der Waals surface area contributed by atoms with Crippen molar-refractivity contribution in [1.82, 2.24) is 19.7 Å². The molecule has 0 radical (unpaired) electrons. The van der Waals surface area contributed by atoms with E-state index in [1.54, 1.807) is 12.5 Å². The lowest BCUT2D eigenvalue weighted by atomic mass is 9.85. The van der Waals surface area contributed by atoms with E-state index < -0.39 is 0 Å². The number of rotatable bonds is 2. The molecule has 2 atom stereocenters. The largest absolute Gasteiger partial charge is 0.480 e. The van der Waals surface area contributed by atoms with Gasteiger partial charge in [-0.05, 0) is 35.4 Å². The average molecular weight is 414 g/mol. The van der Waals surface area contributed by atoms with E-state index in [1.165, 1.54) is 0 Å². The van der Waals surface area contributed by atoms with E-state index in [-0.39, 0.29) is 12.1 Å². The van der Waals surface area contributed by atoms with E-state index in [1.807, 2.05) is 53.3 Å². The number of hydrogen-bond acceptors (Lipinski definition) is 5. The molecule has 2 aromatic heterocycles. The number of nitrogens with one attached hydrogen (secondary N) is 1. The van der Waals surface area contributed by atoms with Crippen LogP contribution < -0.4 is 10.1 Å². The molecule has 0 amide bonds. The lowest BCUT2D eigenvalue weighted by Crippen LogP contribution is -2.32. The molecular weight excluding hydrogens is 398 g/mol. The van der Waals surface area contributed by atoms with Gasteiger partial charge in [-0.25, -0.2) is 4.68 Å². The SMILES string of the molecule is Clc1ccc2c(c1)C1=C([C@H](c3cccnc3)n3ncnc3N1)[C@@H](c1ccccc1)O2. The normalized spacial score (nSPS) is 19.2. The Hall–Kier alpha value is -3.64. The Morgan fingerprint density at radius 2 is 1.87 bits per heavy atom. The van der Waals surface area contributed by atoms with Crippen molar-refractivity contribution in [3.63, 3.8) is 0 Å². The molecule has 0 bridgehead atoms. The fourth-order valence-corrected chi connectivity index (χ4v) is 4.38. The van der Waals surface area contributed by atoms with E-state index in [4.69, 9.17) is 16.3 Å². The maximum absolute atomic E-state index is 6.55. The Labute approximate surface area is 177 Å². The predicted molar refractivity (Wildman–Crippen MR) is 114 cm³/mol. The van der Waals surface area contributed by atoms with Crippen molar-refractivity contribution in [3.8, 4) is 5.75 Å². The first-order chi connectivity index (χ1) is 14.8. The monoisotopic (exact) mass is 413 g/mol. The highest BCUT2D eigenvalue weighted by Gasteiger charge is 2.41. The minimum Gasteiger partial charge on any atom is -0.480 e. The summed E-state index contributed by atoms with van der Waals surface area (Å²) in [4.78, 5) is 8.77. The quantitative estimate of drug-likeness (QED) is 0.507. The van der Waals surface area contributed by atoms with Gasteiger partial charge in [0.15, 0.2) is 0 Å². The van der Waals surface area contributed by atoms with Crippen LogP contribution in [0.3, 0.4) is 0 Å². The second-order valence-electron chi connectivity index (χ2n) is 7.22. The Morgan fingerprint density at radius 3 is 2.70 bits per heavy atom. The lowest BCUT2D eigenvalue weighted by Gasteiger charge is -2.38. The zero-order valence-corrected chi connectivity index (χ0v) is 16.5. The topological polar surface area (TPSA) is 64.9 Å². The Kier molecular flexibility index (Phi) is 3.86. The van der Waals surface area contributed by atoms with Gasteiger partial charge in [0.1, 0.15) is 24.2 Å². The maximum atomic E-state index is 6.55. The van der Waals surface area contributed by atoms with Gasteiger partial charge in [0.2, 0.25) is 5.95 Å². The number of aromatic nitrogens is 4. The molecule has 4 heterocycles. The van der Waals surface area contributed by atoms with Crippen LogP contribution in [0.25, 0.3) is 5.70 Å². The zero-order chi connectivity index (χ0) is 20.1.